The Morgan fingerprint density at radius 3 is 2.40 bits per heavy atom. The van der Waals surface area contributed by atoms with Crippen LogP contribution in [-0.2, 0) is 0 Å². The lowest BCUT2D eigenvalue weighted by atomic mass is 9.81. The van der Waals surface area contributed by atoms with Gasteiger partial charge in [-0.1, -0.05) is 26.7 Å². The SMILES string of the molecule is CC(C)CNC[C@@H]1CCCC[C@@H]1N(C(=O)[O-])C(C)(C)C. The fourth-order valence-corrected chi connectivity index (χ4v) is 3.23. The van der Waals surface area contributed by atoms with E-state index in [1.807, 2.05) is 20.8 Å². The van der Waals surface area contributed by atoms with E-state index >= 15 is 0 Å². The van der Waals surface area contributed by atoms with Crippen LogP contribution < -0.4 is 10.4 Å². The molecule has 1 aliphatic rings. The molecule has 0 radical (unpaired) electrons. The van der Waals surface area contributed by atoms with Gasteiger partial charge in [0.05, 0.1) is 0 Å². The molecule has 0 aliphatic heterocycles. The zero-order valence-electron chi connectivity index (χ0n) is 13.7. The largest absolute Gasteiger partial charge is 0.530 e. The summed E-state index contributed by atoms with van der Waals surface area (Å²) in [6.07, 6.45) is 3.36. The van der Waals surface area contributed by atoms with Gasteiger partial charge in [0.1, 0.15) is 6.09 Å². The van der Waals surface area contributed by atoms with E-state index in [1.165, 1.54) is 6.42 Å². The average molecular weight is 283 g/mol. The highest BCUT2D eigenvalue weighted by Gasteiger charge is 2.35. The van der Waals surface area contributed by atoms with Crippen molar-refractivity contribution in [1.82, 2.24) is 10.2 Å². The molecule has 118 valence electrons. The molecule has 1 rings (SSSR count). The fourth-order valence-electron chi connectivity index (χ4n) is 3.23. The molecule has 0 saturated heterocycles. The number of carbonyl (C=O) groups excluding carboxylic acids is 1. The number of amides is 1. The first kappa shape index (κ1) is 17.3. The van der Waals surface area contributed by atoms with Crippen LogP contribution in [0.25, 0.3) is 0 Å². The van der Waals surface area contributed by atoms with E-state index in [2.05, 4.69) is 19.2 Å². The highest BCUT2D eigenvalue weighted by atomic mass is 16.4. The van der Waals surface area contributed by atoms with E-state index in [-0.39, 0.29) is 6.04 Å². The second kappa shape index (κ2) is 7.30. The molecule has 1 saturated carbocycles. The molecule has 0 unspecified atom stereocenters. The van der Waals surface area contributed by atoms with Crippen molar-refractivity contribution in [2.75, 3.05) is 13.1 Å². The summed E-state index contributed by atoms with van der Waals surface area (Å²) in [6, 6.07) is 0.0911. The molecule has 1 fully saturated rings. The molecule has 0 aromatic heterocycles. The Bertz CT molecular complexity index is 310. The second-order valence-electron chi connectivity index (χ2n) is 7.47. The van der Waals surface area contributed by atoms with E-state index in [4.69, 9.17) is 0 Å². The van der Waals surface area contributed by atoms with Crippen molar-refractivity contribution in [2.24, 2.45) is 11.8 Å². The van der Waals surface area contributed by atoms with Crippen LogP contribution >= 0.6 is 0 Å². The van der Waals surface area contributed by atoms with E-state index in [1.54, 1.807) is 4.90 Å². The summed E-state index contributed by atoms with van der Waals surface area (Å²) in [5.41, 5.74) is -0.392. The zero-order valence-corrected chi connectivity index (χ0v) is 13.7. The topological polar surface area (TPSA) is 55.4 Å². The van der Waals surface area contributed by atoms with Crippen LogP contribution in [0.4, 0.5) is 4.79 Å². The Morgan fingerprint density at radius 2 is 1.90 bits per heavy atom. The van der Waals surface area contributed by atoms with Crippen LogP contribution in [0.3, 0.4) is 0 Å². The van der Waals surface area contributed by atoms with Crippen LogP contribution in [0.5, 0.6) is 0 Å². The predicted molar refractivity (Wildman–Crippen MR) is 80.4 cm³/mol. The summed E-state index contributed by atoms with van der Waals surface area (Å²) in [5, 5.41) is 15.1. The summed E-state index contributed by atoms with van der Waals surface area (Å²) in [7, 11) is 0. The molecule has 20 heavy (non-hydrogen) atoms. The molecule has 1 aliphatic carbocycles. The van der Waals surface area contributed by atoms with Crippen molar-refractivity contribution < 1.29 is 9.90 Å². The van der Waals surface area contributed by atoms with Crippen molar-refractivity contribution in [3.05, 3.63) is 0 Å². The van der Waals surface area contributed by atoms with Gasteiger partial charge in [-0.2, -0.15) is 0 Å². The van der Waals surface area contributed by atoms with Crippen molar-refractivity contribution in [3.63, 3.8) is 0 Å². The third-order valence-corrected chi connectivity index (χ3v) is 4.08. The smallest absolute Gasteiger partial charge is 0.137 e. The Kier molecular flexibility index (Phi) is 6.31. The van der Waals surface area contributed by atoms with Gasteiger partial charge >= 0.3 is 0 Å². The van der Waals surface area contributed by atoms with Gasteiger partial charge in [-0.25, -0.2) is 0 Å². The quantitative estimate of drug-likeness (QED) is 0.842. The molecule has 0 aromatic rings. The van der Waals surface area contributed by atoms with E-state index in [9.17, 15) is 9.90 Å². The maximum absolute atomic E-state index is 11.6. The van der Waals surface area contributed by atoms with Crippen LogP contribution in [0.15, 0.2) is 0 Å². The van der Waals surface area contributed by atoms with Crippen LogP contribution in [0, 0.1) is 11.8 Å². The normalized spacial score (nSPS) is 23.9. The number of nitrogens with zero attached hydrogens (tertiary/aromatic N) is 1. The predicted octanol–water partition coefficient (Wildman–Crippen LogP) is 2.23. The molecule has 4 heteroatoms. The Hall–Kier alpha value is -0.770. The maximum Gasteiger partial charge on any atom is 0.137 e. The maximum atomic E-state index is 11.6. The lowest BCUT2D eigenvalue weighted by molar-refractivity contribution is -0.275. The van der Waals surface area contributed by atoms with Crippen LogP contribution in [-0.4, -0.2) is 35.7 Å². The Morgan fingerprint density at radius 1 is 1.30 bits per heavy atom. The molecule has 1 N–H and O–H groups in total. The summed E-state index contributed by atoms with van der Waals surface area (Å²) in [5.74, 6) is 1.02. The minimum atomic E-state index is -1.03. The summed E-state index contributed by atoms with van der Waals surface area (Å²) < 4.78 is 0. The highest BCUT2D eigenvalue weighted by molar-refractivity contribution is 5.64. The van der Waals surface area contributed by atoms with Crippen molar-refractivity contribution in [1.29, 1.82) is 0 Å². The third kappa shape index (κ3) is 4.97. The molecular formula is C16H31N2O2-. The summed E-state index contributed by atoms with van der Waals surface area (Å²) >= 11 is 0. The Labute approximate surface area is 123 Å². The molecule has 0 aromatic carbocycles. The standard InChI is InChI=1S/C16H32N2O2/c1-12(2)10-17-11-13-8-6-7-9-14(13)18(15(19)20)16(3,4)5/h12-14,17H,6-11H2,1-5H3,(H,19,20)/p-1/t13-,14-/m0/s1. The summed E-state index contributed by atoms with van der Waals surface area (Å²) in [4.78, 5) is 13.1. The zero-order chi connectivity index (χ0) is 15.3. The van der Waals surface area contributed by atoms with Gasteiger partial charge in [0.15, 0.2) is 0 Å². The first-order valence-corrected chi connectivity index (χ1v) is 7.94. The van der Waals surface area contributed by atoms with Crippen LogP contribution in [0.2, 0.25) is 0 Å². The third-order valence-electron chi connectivity index (χ3n) is 4.08. The Balaban J connectivity index is 2.73. The number of carboxylic acid groups (broad SMARTS) is 1. The van der Waals surface area contributed by atoms with Gasteiger partial charge in [-0.05, 0) is 58.5 Å². The van der Waals surface area contributed by atoms with E-state index in [0.29, 0.717) is 11.8 Å². The van der Waals surface area contributed by atoms with Gasteiger partial charge in [0.2, 0.25) is 0 Å². The fraction of sp³-hybridized carbons (Fsp3) is 0.938. The minimum absolute atomic E-state index is 0.0911. The first-order chi connectivity index (χ1) is 9.23. The van der Waals surface area contributed by atoms with Crippen molar-refractivity contribution in [2.45, 2.75) is 71.9 Å². The second-order valence-corrected chi connectivity index (χ2v) is 7.47. The van der Waals surface area contributed by atoms with Gasteiger partial charge in [0.25, 0.3) is 0 Å². The van der Waals surface area contributed by atoms with Gasteiger partial charge in [-0.3, -0.25) is 0 Å². The number of carbonyl (C=O) groups is 1. The van der Waals surface area contributed by atoms with E-state index in [0.717, 1.165) is 32.4 Å². The number of hydrogen-bond acceptors (Lipinski definition) is 3. The van der Waals surface area contributed by atoms with Crippen LogP contribution in [0.1, 0.15) is 60.3 Å². The molecule has 0 bridgehead atoms. The van der Waals surface area contributed by atoms with Crippen molar-refractivity contribution >= 4 is 6.09 Å². The average Bonchev–Trinajstić information content (AvgIpc) is 2.28. The summed E-state index contributed by atoms with van der Waals surface area (Å²) in [6.45, 7) is 12.1. The van der Waals surface area contributed by atoms with Gasteiger partial charge < -0.3 is 20.1 Å². The molecule has 0 spiro atoms. The first-order valence-electron chi connectivity index (χ1n) is 7.94. The molecule has 4 nitrogen and oxygen atoms in total. The number of rotatable bonds is 5. The molecular weight excluding hydrogens is 252 g/mol. The van der Waals surface area contributed by atoms with Gasteiger partial charge in [-0.15, -0.1) is 0 Å². The molecule has 1 amide bonds. The lowest BCUT2D eigenvalue weighted by Gasteiger charge is -2.48. The minimum Gasteiger partial charge on any atom is -0.530 e. The highest BCUT2D eigenvalue weighted by Crippen LogP contribution is 2.32. The lowest BCUT2D eigenvalue weighted by Crippen LogP contribution is -2.60. The van der Waals surface area contributed by atoms with E-state index < -0.39 is 11.6 Å². The molecule has 0 heterocycles. The number of nitrogens with one attached hydrogen (secondary N) is 1. The van der Waals surface area contributed by atoms with Crippen molar-refractivity contribution in [3.8, 4) is 0 Å². The van der Waals surface area contributed by atoms with Gasteiger partial charge in [0, 0.05) is 11.6 Å². The monoisotopic (exact) mass is 283 g/mol. The molecule has 2 atom stereocenters. The number of hydrogen-bond donors (Lipinski definition) is 1.